The van der Waals surface area contributed by atoms with Crippen LogP contribution in [-0.2, 0) is 9.59 Å². The van der Waals surface area contributed by atoms with Gasteiger partial charge in [0, 0.05) is 15.8 Å². The van der Waals surface area contributed by atoms with E-state index in [1.165, 1.54) is 11.3 Å². The van der Waals surface area contributed by atoms with Gasteiger partial charge in [0.2, 0.25) is 11.8 Å². The van der Waals surface area contributed by atoms with E-state index < -0.39 is 11.9 Å². The standard InChI is InChI=1S/C12H10N2O3S2/c15-10-2-1-6(11(16)14-10)13-12(17)9-5-8-7(19-9)3-4-18-8/h3-6H,1-2H2,(H,13,17)(H,14,15,16). The van der Waals surface area contributed by atoms with E-state index in [0.717, 1.165) is 9.40 Å². The summed E-state index contributed by atoms with van der Waals surface area (Å²) in [6, 6.07) is 3.17. The van der Waals surface area contributed by atoms with Crippen LogP contribution in [0.5, 0.6) is 0 Å². The smallest absolute Gasteiger partial charge is 0.262 e. The Balaban J connectivity index is 1.72. The molecule has 3 amide bonds. The highest BCUT2D eigenvalue weighted by Gasteiger charge is 2.28. The molecule has 2 N–H and O–H groups in total. The number of carbonyl (C=O) groups is 3. The van der Waals surface area contributed by atoms with Crippen LogP contribution in [0.1, 0.15) is 22.5 Å². The van der Waals surface area contributed by atoms with Crippen molar-refractivity contribution in [2.45, 2.75) is 18.9 Å². The fourth-order valence-electron chi connectivity index (χ4n) is 1.94. The van der Waals surface area contributed by atoms with E-state index in [2.05, 4.69) is 10.6 Å². The largest absolute Gasteiger partial charge is 0.340 e. The number of rotatable bonds is 2. The van der Waals surface area contributed by atoms with E-state index in [4.69, 9.17) is 0 Å². The van der Waals surface area contributed by atoms with Gasteiger partial charge in [-0.2, -0.15) is 0 Å². The van der Waals surface area contributed by atoms with Gasteiger partial charge < -0.3 is 5.32 Å². The Bertz CT molecular complexity index is 645. The lowest BCUT2D eigenvalue weighted by molar-refractivity contribution is -0.134. The fourth-order valence-corrected chi connectivity index (χ4v) is 3.95. The molecule has 0 aromatic carbocycles. The zero-order chi connectivity index (χ0) is 13.4. The van der Waals surface area contributed by atoms with Crippen molar-refractivity contribution >= 4 is 49.8 Å². The molecule has 1 unspecified atom stereocenters. The molecule has 7 heteroatoms. The molecular weight excluding hydrogens is 284 g/mol. The number of piperidine rings is 1. The molecule has 98 valence electrons. The molecule has 5 nitrogen and oxygen atoms in total. The van der Waals surface area contributed by atoms with Gasteiger partial charge in [-0.05, 0) is 23.9 Å². The van der Waals surface area contributed by atoms with Gasteiger partial charge in [0.05, 0.1) is 4.88 Å². The number of hydrogen-bond donors (Lipinski definition) is 2. The third kappa shape index (κ3) is 2.39. The van der Waals surface area contributed by atoms with E-state index in [9.17, 15) is 14.4 Å². The van der Waals surface area contributed by atoms with Crippen LogP contribution in [0.15, 0.2) is 17.5 Å². The minimum absolute atomic E-state index is 0.260. The van der Waals surface area contributed by atoms with Crippen LogP contribution in [-0.4, -0.2) is 23.8 Å². The first-order valence-corrected chi connectivity index (χ1v) is 7.45. The molecule has 0 aliphatic carbocycles. The molecule has 1 saturated heterocycles. The Kier molecular flexibility index (Phi) is 3.08. The number of imide groups is 1. The summed E-state index contributed by atoms with van der Waals surface area (Å²) < 4.78 is 2.14. The third-order valence-corrected chi connectivity index (χ3v) is 5.00. The van der Waals surface area contributed by atoms with Crippen molar-refractivity contribution in [2.24, 2.45) is 0 Å². The quantitative estimate of drug-likeness (QED) is 0.824. The maximum atomic E-state index is 12.0. The lowest BCUT2D eigenvalue weighted by atomic mass is 10.1. The number of amides is 3. The Hall–Kier alpha value is -1.73. The summed E-state index contributed by atoms with van der Waals surface area (Å²) in [7, 11) is 0. The molecule has 0 spiro atoms. The zero-order valence-electron chi connectivity index (χ0n) is 9.76. The average Bonchev–Trinajstić information content (AvgIpc) is 2.93. The zero-order valence-corrected chi connectivity index (χ0v) is 11.4. The van der Waals surface area contributed by atoms with Gasteiger partial charge in [0.1, 0.15) is 6.04 Å². The Morgan fingerprint density at radius 2 is 2.21 bits per heavy atom. The first-order chi connectivity index (χ1) is 9.13. The molecule has 0 bridgehead atoms. The van der Waals surface area contributed by atoms with Crippen molar-refractivity contribution in [3.05, 3.63) is 22.4 Å². The van der Waals surface area contributed by atoms with Crippen molar-refractivity contribution in [3.8, 4) is 0 Å². The van der Waals surface area contributed by atoms with Crippen LogP contribution in [0, 0.1) is 0 Å². The molecule has 1 aliphatic heterocycles. The van der Waals surface area contributed by atoms with Gasteiger partial charge in [-0.3, -0.25) is 19.7 Å². The molecular formula is C12H10N2O3S2. The number of thiophene rings is 2. The third-order valence-electron chi connectivity index (χ3n) is 2.91. The van der Waals surface area contributed by atoms with Gasteiger partial charge in [0.15, 0.2) is 0 Å². The maximum absolute atomic E-state index is 12.0. The molecule has 1 fully saturated rings. The Morgan fingerprint density at radius 1 is 1.37 bits per heavy atom. The first kappa shape index (κ1) is 12.3. The predicted molar refractivity (Wildman–Crippen MR) is 73.3 cm³/mol. The molecule has 19 heavy (non-hydrogen) atoms. The summed E-state index contributed by atoms with van der Waals surface area (Å²) >= 11 is 2.98. The highest BCUT2D eigenvalue weighted by Crippen LogP contribution is 2.29. The number of hydrogen-bond acceptors (Lipinski definition) is 5. The van der Waals surface area contributed by atoms with Crippen molar-refractivity contribution in [3.63, 3.8) is 0 Å². The van der Waals surface area contributed by atoms with Gasteiger partial charge in [-0.15, -0.1) is 22.7 Å². The topological polar surface area (TPSA) is 75.3 Å². The van der Waals surface area contributed by atoms with E-state index >= 15 is 0 Å². The summed E-state index contributed by atoms with van der Waals surface area (Å²) in [6.45, 7) is 0. The number of fused-ring (bicyclic) bond motifs is 1. The van der Waals surface area contributed by atoms with Crippen LogP contribution < -0.4 is 10.6 Å². The van der Waals surface area contributed by atoms with Crippen molar-refractivity contribution in [2.75, 3.05) is 0 Å². The summed E-state index contributed by atoms with van der Waals surface area (Å²) in [6.07, 6.45) is 0.617. The van der Waals surface area contributed by atoms with Crippen LogP contribution in [0.25, 0.3) is 9.40 Å². The predicted octanol–water partition coefficient (Wildman–Crippen LogP) is 1.50. The van der Waals surface area contributed by atoms with E-state index in [0.29, 0.717) is 11.3 Å². The van der Waals surface area contributed by atoms with Crippen molar-refractivity contribution in [1.29, 1.82) is 0 Å². The van der Waals surface area contributed by atoms with Crippen LogP contribution in [0.4, 0.5) is 0 Å². The highest BCUT2D eigenvalue weighted by molar-refractivity contribution is 7.27. The Morgan fingerprint density at radius 3 is 2.95 bits per heavy atom. The summed E-state index contributed by atoms with van der Waals surface area (Å²) in [4.78, 5) is 35.2. The van der Waals surface area contributed by atoms with Gasteiger partial charge >= 0.3 is 0 Å². The second-order valence-corrected chi connectivity index (χ2v) is 6.27. The van der Waals surface area contributed by atoms with E-state index in [1.807, 2.05) is 17.5 Å². The lowest BCUT2D eigenvalue weighted by Gasteiger charge is -2.21. The van der Waals surface area contributed by atoms with E-state index in [1.54, 1.807) is 11.3 Å². The number of nitrogens with one attached hydrogen (secondary N) is 2. The molecule has 1 atom stereocenters. The van der Waals surface area contributed by atoms with Gasteiger partial charge in [0.25, 0.3) is 5.91 Å². The molecule has 0 radical (unpaired) electrons. The second-order valence-electron chi connectivity index (χ2n) is 4.24. The molecule has 3 rings (SSSR count). The van der Waals surface area contributed by atoms with Crippen LogP contribution in [0.2, 0.25) is 0 Å². The van der Waals surface area contributed by atoms with Gasteiger partial charge in [-0.25, -0.2) is 0 Å². The monoisotopic (exact) mass is 294 g/mol. The maximum Gasteiger partial charge on any atom is 0.262 e. The molecule has 2 aromatic heterocycles. The number of carbonyl (C=O) groups excluding carboxylic acids is 3. The van der Waals surface area contributed by atoms with Gasteiger partial charge in [-0.1, -0.05) is 0 Å². The van der Waals surface area contributed by atoms with Crippen molar-refractivity contribution in [1.82, 2.24) is 10.6 Å². The second kappa shape index (κ2) is 4.75. The molecule has 0 saturated carbocycles. The average molecular weight is 294 g/mol. The first-order valence-electron chi connectivity index (χ1n) is 5.75. The SMILES string of the molecule is O=C1CCC(NC(=O)c2cc3sccc3s2)C(=O)N1. The lowest BCUT2D eigenvalue weighted by Crippen LogP contribution is -2.52. The van der Waals surface area contributed by atoms with Crippen LogP contribution in [0.3, 0.4) is 0 Å². The normalized spacial score (nSPS) is 19.5. The fraction of sp³-hybridized carbons (Fsp3) is 0.250. The molecule has 2 aromatic rings. The summed E-state index contributed by atoms with van der Waals surface area (Å²) in [5, 5.41) is 6.86. The Labute approximate surface area is 116 Å². The summed E-state index contributed by atoms with van der Waals surface area (Å²) in [5.74, 6) is -0.974. The van der Waals surface area contributed by atoms with Crippen LogP contribution >= 0.6 is 22.7 Å². The summed E-state index contributed by atoms with van der Waals surface area (Å²) in [5.41, 5.74) is 0. The highest BCUT2D eigenvalue weighted by atomic mass is 32.1. The minimum Gasteiger partial charge on any atom is -0.340 e. The minimum atomic E-state index is -0.620. The van der Waals surface area contributed by atoms with E-state index in [-0.39, 0.29) is 18.2 Å². The van der Waals surface area contributed by atoms with Crippen molar-refractivity contribution < 1.29 is 14.4 Å². The molecule has 1 aliphatic rings. The molecule has 3 heterocycles.